The monoisotopic (exact) mass is 215 g/mol. The summed E-state index contributed by atoms with van der Waals surface area (Å²) in [6.45, 7) is 4.51. The minimum Gasteiger partial charge on any atom is -0.616 e. The van der Waals surface area contributed by atoms with Gasteiger partial charge in [-0.05, 0) is 31.6 Å². The van der Waals surface area contributed by atoms with Gasteiger partial charge in [0, 0.05) is 19.1 Å². The fraction of sp³-hybridized carbons (Fsp3) is 1.00. The molecule has 1 saturated heterocycles. The van der Waals surface area contributed by atoms with E-state index in [4.69, 9.17) is 0 Å². The first-order valence-electron chi connectivity index (χ1n) is 5.85. The third kappa shape index (κ3) is 2.65. The molecule has 1 aliphatic carbocycles. The van der Waals surface area contributed by atoms with Gasteiger partial charge in [-0.3, -0.25) is 4.90 Å². The van der Waals surface area contributed by atoms with Crippen LogP contribution in [-0.2, 0) is 11.2 Å². The Hall–Kier alpha value is 0.270. The summed E-state index contributed by atoms with van der Waals surface area (Å²) >= 11 is -0.514. The van der Waals surface area contributed by atoms with E-state index in [1.54, 1.807) is 0 Å². The van der Waals surface area contributed by atoms with E-state index in [1.807, 2.05) is 0 Å². The summed E-state index contributed by atoms with van der Waals surface area (Å²) in [5.74, 6) is 2.75. The highest BCUT2D eigenvalue weighted by Crippen LogP contribution is 2.27. The second-order valence-corrected chi connectivity index (χ2v) is 6.49. The minimum atomic E-state index is -0.514. The maximum Gasteiger partial charge on any atom is 0.118 e. The molecule has 0 N–H and O–H groups in total. The molecule has 1 aliphatic heterocycles. The highest BCUT2D eigenvalue weighted by molar-refractivity contribution is 7.91. The van der Waals surface area contributed by atoms with Gasteiger partial charge >= 0.3 is 0 Å². The lowest BCUT2D eigenvalue weighted by Gasteiger charge is -2.38. The van der Waals surface area contributed by atoms with Crippen molar-refractivity contribution in [1.82, 2.24) is 4.90 Å². The Bertz CT molecular complexity index is 152. The minimum absolute atomic E-state index is 0.514. The van der Waals surface area contributed by atoms with Gasteiger partial charge in [0.05, 0.1) is 0 Å². The van der Waals surface area contributed by atoms with Crippen LogP contribution in [0, 0.1) is 5.92 Å². The van der Waals surface area contributed by atoms with Crippen LogP contribution in [-0.4, -0.2) is 40.1 Å². The summed E-state index contributed by atoms with van der Waals surface area (Å²) in [5, 5.41) is 0. The standard InChI is InChI=1S/C11H21NOS/c1-10-2-4-11(5-3-10)12-6-8-14(13)9-7-12/h10-11H,2-9H2,1H3/t10-,11-. The first kappa shape index (κ1) is 10.8. The molecule has 14 heavy (non-hydrogen) atoms. The molecule has 1 saturated carbocycles. The molecular formula is C11H21NOS. The Balaban J connectivity index is 1.78. The summed E-state index contributed by atoms with van der Waals surface area (Å²) in [6, 6.07) is 0.809. The normalized spacial score (nSPS) is 37.3. The molecule has 0 spiro atoms. The molecule has 0 amide bonds. The molecule has 1 heterocycles. The summed E-state index contributed by atoms with van der Waals surface area (Å²) in [7, 11) is 0. The quantitative estimate of drug-likeness (QED) is 0.621. The molecule has 0 atom stereocenters. The first-order chi connectivity index (χ1) is 6.75. The fourth-order valence-electron chi connectivity index (χ4n) is 2.62. The second-order valence-electron chi connectivity index (χ2n) is 4.80. The Labute approximate surface area is 90.2 Å². The zero-order valence-corrected chi connectivity index (χ0v) is 9.89. The molecule has 0 aromatic heterocycles. The molecular weight excluding hydrogens is 194 g/mol. The summed E-state index contributed by atoms with van der Waals surface area (Å²) < 4.78 is 11.2. The molecule has 2 rings (SSSR count). The van der Waals surface area contributed by atoms with Gasteiger partial charge < -0.3 is 4.55 Å². The van der Waals surface area contributed by atoms with Crippen molar-refractivity contribution in [1.29, 1.82) is 0 Å². The smallest absolute Gasteiger partial charge is 0.118 e. The van der Waals surface area contributed by atoms with Crippen molar-refractivity contribution in [2.75, 3.05) is 24.6 Å². The Morgan fingerprint density at radius 2 is 1.64 bits per heavy atom. The number of rotatable bonds is 1. The SMILES string of the molecule is C[C@H]1CC[C@H](N2CC[S+]([O-])CC2)CC1. The molecule has 82 valence electrons. The van der Waals surface area contributed by atoms with Crippen molar-refractivity contribution in [2.45, 2.75) is 38.6 Å². The van der Waals surface area contributed by atoms with Crippen molar-refractivity contribution in [3.63, 3.8) is 0 Å². The molecule has 0 unspecified atom stereocenters. The van der Waals surface area contributed by atoms with E-state index in [1.165, 1.54) is 25.7 Å². The van der Waals surface area contributed by atoms with Crippen molar-refractivity contribution in [2.24, 2.45) is 5.92 Å². The summed E-state index contributed by atoms with van der Waals surface area (Å²) in [5.41, 5.74) is 0. The summed E-state index contributed by atoms with van der Waals surface area (Å²) in [4.78, 5) is 2.58. The van der Waals surface area contributed by atoms with Gasteiger partial charge in [-0.15, -0.1) is 0 Å². The van der Waals surface area contributed by atoms with Gasteiger partial charge in [0.15, 0.2) is 0 Å². The van der Waals surface area contributed by atoms with Crippen molar-refractivity contribution >= 4 is 11.2 Å². The molecule has 0 aromatic carbocycles. The van der Waals surface area contributed by atoms with Crippen LogP contribution in [0.15, 0.2) is 0 Å². The van der Waals surface area contributed by atoms with Crippen LogP contribution >= 0.6 is 0 Å². The number of hydrogen-bond acceptors (Lipinski definition) is 2. The molecule has 2 fully saturated rings. The predicted molar refractivity (Wildman–Crippen MR) is 60.9 cm³/mol. The average Bonchev–Trinajstić information content (AvgIpc) is 2.21. The van der Waals surface area contributed by atoms with Gasteiger partial charge in [0.1, 0.15) is 11.5 Å². The van der Waals surface area contributed by atoms with Gasteiger partial charge in [-0.1, -0.05) is 18.1 Å². The van der Waals surface area contributed by atoms with E-state index < -0.39 is 11.2 Å². The Morgan fingerprint density at radius 3 is 2.21 bits per heavy atom. The van der Waals surface area contributed by atoms with Crippen LogP contribution in [0.3, 0.4) is 0 Å². The lowest BCUT2D eigenvalue weighted by Crippen LogP contribution is -2.47. The maximum atomic E-state index is 11.2. The van der Waals surface area contributed by atoms with Gasteiger partial charge in [-0.25, -0.2) is 0 Å². The van der Waals surface area contributed by atoms with Crippen molar-refractivity contribution in [3.8, 4) is 0 Å². The van der Waals surface area contributed by atoms with E-state index in [9.17, 15) is 4.55 Å². The lowest BCUT2D eigenvalue weighted by molar-refractivity contribution is 0.150. The van der Waals surface area contributed by atoms with Crippen LogP contribution in [0.4, 0.5) is 0 Å². The molecule has 0 radical (unpaired) electrons. The highest BCUT2D eigenvalue weighted by atomic mass is 32.2. The topological polar surface area (TPSA) is 26.3 Å². The first-order valence-corrected chi connectivity index (χ1v) is 7.33. The van der Waals surface area contributed by atoms with E-state index in [2.05, 4.69) is 11.8 Å². The van der Waals surface area contributed by atoms with E-state index in [0.717, 1.165) is 36.6 Å². The average molecular weight is 215 g/mol. The van der Waals surface area contributed by atoms with Gasteiger partial charge in [-0.2, -0.15) is 0 Å². The van der Waals surface area contributed by atoms with Crippen molar-refractivity contribution < 1.29 is 4.55 Å². The van der Waals surface area contributed by atoms with Crippen LogP contribution in [0.2, 0.25) is 0 Å². The molecule has 0 aromatic rings. The van der Waals surface area contributed by atoms with Gasteiger partial charge in [0.25, 0.3) is 0 Å². The number of nitrogens with zero attached hydrogens (tertiary/aromatic N) is 1. The van der Waals surface area contributed by atoms with Crippen LogP contribution < -0.4 is 0 Å². The zero-order chi connectivity index (χ0) is 9.97. The zero-order valence-electron chi connectivity index (χ0n) is 9.08. The number of hydrogen-bond donors (Lipinski definition) is 0. The maximum absolute atomic E-state index is 11.2. The van der Waals surface area contributed by atoms with E-state index >= 15 is 0 Å². The van der Waals surface area contributed by atoms with Crippen LogP contribution in [0.1, 0.15) is 32.6 Å². The van der Waals surface area contributed by atoms with E-state index in [0.29, 0.717) is 0 Å². The molecule has 0 bridgehead atoms. The van der Waals surface area contributed by atoms with E-state index in [-0.39, 0.29) is 0 Å². The van der Waals surface area contributed by atoms with Crippen molar-refractivity contribution in [3.05, 3.63) is 0 Å². The highest BCUT2D eigenvalue weighted by Gasteiger charge is 2.28. The van der Waals surface area contributed by atoms with Crippen LogP contribution in [0.25, 0.3) is 0 Å². The molecule has 2 aliphatic rings. The molecule has 2 nitrogen and oxygen atoms in total. The largest absolute Gasteiger partial charge is 0.616 e. The van der Waals surface area contributed by atoms with Gasteiger partial charge in [0.2, 0.25) is 0 Å². The lowest BCUT2D eigenvalue weighted by atomic mass is 9.86. The van der Waals surface area contributed by atoms with Crippen LogP contribution in [0.5, 0.6) is 0 Å². The third-order valence-electron chi connectivity index (χ3n) is 3.71. The summed E-state index contributed by atoms with van der Waals surface area (Å²) in [6.07, 6.45) is 5.52. The molecule has 3 heteroatoms. The fourth-order valence-corrected chi connectivity index (χ4v) is 3.71. The Kier molecular flexibility index (Phi) is 3.74. The predicted octanol–water partition coefficient (Wildman–Crippen LogP) is 1.63. The Morgan fingerprint density at radius 1 is 1.07 bits per heavy atom. The third-order valence-corrected chi connectivity index (χ3v) is 4.99. The second kappa shape index (κ2) is 4.86.